The van der Waals surface area contributed by atoms with Crippen LogP contribution >= 0.6 is 0 Å². The van der Waals surface area contributed by atoms with Crippen LogP contribution < -0.4 is 14.4 Å². The number of nitrogens with one attached hydrogen (secondary N) is 1. The Morgan fingerprint density at radius 1 is 0.912 bits per heavy atom. The number of ether oxygens (including phenoxy) is 1. The molecular formula is C27H32N2O4S. The molecule has 1 amide bonds. The molecule has 0 spiro atoms. The van der Waals surface area contributed by atoms with Gasteiger partial charge in [-0.2, -0.15) is 0 Å². The highest BCUT2D eigenvalue weighted by Crippen LogP contribution is 2.24. The first kappa shape index (κ1) is 25.3. The Kier molecular flexibility index (Phi) is 8.71. The minimum absolute atomic E-state index is 0.152. The zero-order valence-electron chi connectivity index (χ0n) is 20.0. The second kappa shape index (κ2) is 11.7. The molecule has 0 radical (unpaired) electrons. The maximum absolute atomic E-state index is 13.4. The fraction of sp³-hybridized carbons (Fsp3) is 0.296. The number of aryl methyl sites for hydroxylation is 3. The molecule has 0 atom stereocenters. The van der Waals surface area contributed by atoms with Crippen LogP contribution in [0.1, 0.15) is 30.0 Å². The zero-order valence-corrected chi connectivity index (χ0v) is 20.8. The highest BCUT2D eigenvalue weighted by molar-refractivity contribution is 7.92. The first-order chi connectivity index (χ1) is 16.3. The number of hydrogen-bond donors (Lipinski definition) is 1. The third-order valence-electron chi connectivity index (χ3n) is 5.44. The number of carbonyl (C=O) groups is 1. The Morgan fingerprint density at radius 3 is 2.18 bits per heavy atom. The molecule has 0 aliphatic carbocycles. The summed E-state index contributed by atoms with van der Waals surface area (Å²) in [5.74, 6) is 0.500. The van der Waals surface area contributed by atoms with Crippen molar-refractivity contribution in [1.82, 2.24) is 5.32 Å². The summed E-state index contributed by atoms with van der Waals surface area (Å²) in [4.78, 5) is 12.9. The largest absolute Gasteiger partial charge is 0.494 e. The Balaban J connectivity index is 1.68. The summed E-state index contributed by atoms with van der Waals surface area (Å²) in [6.45, 7) is 6.51. The molecule has 0 aliphatic heterocycles. The van der Waals surface area contributed by atoms with E-state index >= 15 is 0 Å². The van der Waals surface area contributed by atoms with E-state index in [2.05, 4.69) is 5.32 Å². The van der Waals surface area contributed by atoms with Gasteiger partial charge in [0.1, 0.15) is 12.3 Å². The van der Waals surface area contributed by atoms with Crippen LogP contribution in [-0.4, -0.2) is 34.0 Å². The molecule has 7 heteroatoms. The Morgan fingerprint density at radius 2 is 1.53 bits per heavy atom. The van der Waals surface area contributed by atoms with E-state index in [4.69, 9.17) is 4.74 Å². The number of benzene rings is 3. The molecule has 0 fully saturated rings. The van der Waals surface area contributed by atoms with Gasteiger partial charge in [0.05, 0.1) is 17.2 Å². The van der Waals surface area contributed by atoms with Gasteiger partial charge in [0.25, 0.3) is 10.0 Å². The standard InChI is InChI=1S/C27H32N2O4S/c1-4-33-26-10-6-5-8-23(26)9-7-19-28-27(30)20-29(24-15-11-21(2)12-16-24)34(31,32)25-17-13-22(3)14-18-25/h5-6,8,10-18H,4,7,9,19-20H2,1-3H3,(H,28,30). The molecule has 34 heavy (non-hydrogen) atoms. The lowest BCUT2D eigenvalue weighted by atomic mass is 10.1. The Hall–Kier alpha value is -3.32. The fourth-order valence-electron chi connectivity index (χ4n) is 3.56. The zero-order chi connectivity index (χ0) is 24.6. The van der Waals surface area contributed by atoms with Gasteiger partial charge in [-0.15, -0.1) is 0 Å². The third-order valence-corrected chi connectivity index (χ3v) is 7.22. The molecular weight excluding hydrogens is 448 g/mol. The molecule has 0 heterocycles. The normalized spacial score (nSPS) is 11.1. The molecule has 0 bridgehead atoms. The smallest absolute Gasteiger partial charge is 0.264 e. The monoisotopic (exact) mass is 480 g/mol. The Bertz CT molecular complexity index is 1190. The van der Waals surface area contributed by atoms with Crippen molar-refractivity contribution >= 4 is 21.6 Å². The van der Waals surface area contributed by atoms with Crippen molar-refractivity contribution in [2.75, 3.05) is 24.0 Å². The SMILES string of the molecule is CCOc1ccccc1CCCNC(=O)CN(c1ccc(C)cc1)S(=O)(=O)c1ccc(C)cc1. The maximum Gasteiger partial charge on any atom is 0.264 e. The second-order valence-electron chi connectivity index (χ2n) is 8.15. The van der Waals surface area contributed by atoms with E-state index < -0.39 is 10.0 Å². The number of hydrogen-bond acceptors (Lipinski definition) is 4. The first-order valence-electron chi connectivity index (χ1n) is 11.4. The average molecular weight is 481 g/mol. The summed E-state index contributed by atoms with van der Waals surface area (Å²) in [6.07, 6.45) is 1.46. The van der Waals surface area contributed by atoms with Crippen molar-refractivity contribution in [2.24, 2.45) is 0 Å². The topological polar surface area (TPSA) is 75.7 Å². The van der Waals surface area contributed by atoms with Crippen LogP contribution in [0.5, 0.6) is 5.75 Å². The van der Waals surface area contributed by atoms with E-state index in [1.807, 2.05) is 57.2 Å². The van der Waals surface area contributed by atoms with Gasteiger partial charge in [-0.05, 0) is 69.5 Å². The predicted molar refractivity (Wildman–Crippen MR) is 136 cm³/mol. The van der Waals surface area contributed by atoms with Gasteiger partial charge in [0.2, 0.25) is 5.91 Å². The molecule has 0 saturated heterocycles. The highest BCUT2D eigenvalue weighted by Gasteiger charge is 2.27. The van der Waals surface area contributed by atoms with Gasteiger partial charge >= 0.3 is 0 Å². The lowest BCUT2D eigenvalue weighted by Crippen LogP contribution is -2.41. The van der Waals surface area contributed by atoms with Gasteiger partial charge in [-0.3, -0.25) is 9.10 Å². The van der Waals surface area contributed by atoms with Crippen LogP contribution in [0, 0.1) is 13.8 Å². The lowest BCUT2D eigenvalue weighted by Gasteiger charge is -2.24. The highest BCUT2D eigenvalue weighted by atomic mass is 32.2. The summed E-state index contributed by atoms with van der Waals surface area (Å²) < 4.78 is 33.6. The fourth-order valence-corrected chi connectivity index (χ4v) is 4.98. The molecule has 0 aliphatic rings. The van der Waals surface area contributed by atoms with Crippen LogP contribution in [0.25, 0.3) is 0 Å². The van der Waals surface area contributed by atoms with Crippen LogP contribution in [-0.2, 0) is 21.2 Å². The molecule has 180 valence electrons. The number of carbonyl (C=O) groups excluding carboxylic acids is 1. The summed E-state index contributed by atoms with van der Waals surface area (Å²) in [5, 5.41) is 2.86. The van der Waals surface area contributed by atoms with Crippen molar-refractivity contribution in [3.8, 4) is 5.75 Å². The van der Waals surface area contributed by atoms with Crippen molar-refractivity contribution < 1.29 is 17.9 Å². The van der Waals surface area contributed by atoms with E-state index in [9.17, 15) is 13.2 Å². The van der Waals surface area contributed by atoms with Gasteiger partial charge in [0.15, 0.2) is 0 Å². The van der Waals surface area contributed by atoms with E-state index in [1.54, 1.807) is 36.4 Å². The number of nitrogens with zero attached hydrogens (tertiary/aromatic N) is 1. The molecule has 0 aromatic heterocycles. The van der Waals surface area contributed by atoms with Crippen LogP contribution in [0.15, 0.2) is 77.7 Å². The second-order valence-corrected chi connectivity index (χ2v) is 10.0. The average Bonchev–Trinajstić information content (AvgIpc) is 2.82. The van der Waals surface area contributed by atoms with Gasteiger partial charge in [-0.25, -0.2) is 8.42 Å². The molecule has 0 saturated carbocycles. The van der Waals surface area contributed by atoms with Crippen LogP contribution in [0.2, 0.25) is 0 Å². The number of anilines is 1. The van der Waals surface area contributed by atoms with Crippen molar-refractivity contribution in [2.45, 2.75) is 38.5 Å². The predicted octanol–water partition coefficient (Wildman–Crippen LogP) is 4.65. The van der Waals surface area contributed by atoms with Crippen molar-refractivity contribution in [3.05, 3.63) is 89.5 Å². The maximum atomic E-state index is 13.4. The van der Waals surface area contributed by atoms with E-state index in [0.717, 1.165) is 33.2 Å². The van der Waals surface area contributed by atoms with Crippen LogP contribution in [0.3, 0.4) is 0 Å². The molecule has 3 rings (SSSR count). The third kappa shape index (κ3) is 6.60. The first-order valence-corrected chi connectivity index (χ1v) is 12.9. The number of para-hydroxylation sites is 1. The van der Waals surface area contributed by atoms with E-state index in [0.29, 0.717) is 25.3 Å². The van der Waals surface area contributed by atoms with Gasteiger partial charge < -0.3 is 10.1 Å². The summed E-state index contributed by atoms with van der Waals surface area (Å²) >= 11 is 0. The number of rotatable bonds is 11. The van der Waals surface area contributed by atoms with Gasteiger partial charge in [-0.1, -0.05) is 53.6 Å². The lowest BCUT2D eigenvalue weighted by molar-refractivity contribution is -0.119. The van der Waals surface area contributed by atoms with Crippen LogP contribution in [0.4, 0.5) is 5.69 Å². The molecule has 1 N–H and O–H groups in total. The number of amides is 1. The summed E-state index contributed by atoms with van der Waals surface area (Å²) in [6, 6.07) is 21.6. The molecule has 0 unspecified atom stereocenters. The van der Waals surface area contributed by atoms with E-state index in [-0.39, 0.29) is 17.3 Å². The van der Waals surface area contributed by atoms with E-state index in [1.165, 1.54) is 0 Å². The molecule has 6 nitrogen and oxygen atoms in total. The molecule has 3 aromatic carbocycles. The Labute approximate surface area is 202 Å². The minimum atomic E-state index is -3.91. The van der Waals surface area contributed by atoms with Gasteiger partial charge in [0, 0.05) is 6.54 Å². The minimum Gasteiger partial charge on any atom is -0.494 e. The quantitative estimate of drug-likeness (QED) is 0.406. The summed E-state index contributed by atoms with van der Waals surface area (Å²) in [7, 11) is -3.91. The van der Waals surface area contributed by atoms with Crippen molar-refractivity contribution in [1.29, 1.82) is 0 Å². The summed E-state index contributed by atoms with van der Waals surface area (Å²) in [5.41, 5.74) is 3.51. The number of sulfonamides is 1. The molecule has 3 aromatic rings. The van der Waals surface area contributed by atoms with Crippen molar-refractivity contribution in [3.63, 3.8) is 0 Å².